The molecular weight excluding hydrogens is 334 g/mol. The third kappa shape index (κ3) is 4.11. The summed E-state index contributed by atoms with van der Waals surface area (Å²) in [6.07, 6.45) is 0.0502. The lowest BCUT2D eigenvalue weighted by Gasteiger charge is -2.41. The second-order valence-electron chi connectivity index (χ2n) is 6.92. The highest BCUT2D eigenvalue weighted by atomic mass is 16.6. The van der Waals surface area contributed by atoms with Crippen LogP contribution in [0, 0.1) is 0 Å². The standard InChI is InChI=1S/C24H25NO2/c1-4-10-20(11-5-1)16-25-17-23-18-27-24(19-26-23,21-12-6-2-7-13-21)22-14-8-3-9-15-22/h1-15,23,25H,16-19H2. The van der Waals surface area contributed by atoms with Crippen LogP contribution in [0.2, 0.25) is 0 Å². The molecule has 0 saturated carbocycles. The van der Waals surface area contributed by atoms with Gasteiger partial charge in [-0.15, -0.1) is 0 Å². The predicted octanol–water partition coefficient (Wildman–Crippen LogP) is 4.14. The fourth-order valence-electron chi connectivity index (χ4n) is 3.57. The van der Waals surface area contributed by atoms with E-state index in [1.807, 2.05) is 18.2 Å². The Bertz CT molecular complexity index is 771. The molecule has 1 atom stereocenters. The minimum atomic E-state index is -0.543. The first-order valence-corrected chi connectivity index (χ1v) is 9.48. The third-order valence-electron chi connectivity index (χ3n) is 5.06. The van der Waals surface area contributed by atoms with Crippen molar-refractivity contribution in [3.8, 4) is 0 Å². The van der Waals surface area contributed by atoms with Crippen molar-refractivity contribution in [3.05, 3.63) is 108 Å². The Morgan fingerprint density at radius 2 is 1.33 bits per heavy atom. The molecule has 4 rings (SSSR count). The zero-order valence-corrected chi connectivity index (χ0v) is 15.4. The minimum absolute atomic E-state index is 0.0502. The molecule has 1 fully saturated rings. The van der Waals surface area contributed by atoms with Gasteiger partial charge >= 0.3 is 0 Å². The van der Waals surface area contributed by atoms with Gasteiger partial charge in [0.1, 0.15) is 5.60 Å². The summed E-state index contributed by atoms with van der Waals surface area (Å²) in [5, 5.41) is 3.47. The van der Waals surface area contributed by atoms with Crippen molar-refractivity contribution in [3.63, 3.8) is 0 Å². The van der Waals surface area contributed by atoms with Crippen molar-refractivity contribution < 1.29 is 9.47 Å². The molecular formula is C24H25NO2. The fraction of sp³-hybridized carbons (Fsp3) is 0.250. The van der Waals surface area contributed by atoms with Gasteiger partial charge in [0.2, 0.25) is 0 Å². The minimum Gasteiger partial charge on any atom is -0.371 e. The van der Waals surface area contributed by atoms with E-state index >= 15 is 0 Å². The molecule has 1 N–H and O–H groups in total. The summed E-state index contributed by atoms with van der Waals surface area (Å²) >= 11 is 0. The van der Waals surface area contributed by atoms with Gasteiger partial charge in [0.05, 0.1) is 19.3 Å². The van der Waals surface area contributed by atoms with Crippen molar-refractivity contribution in [2.24, 2.45) is 0 Å². The molecule has 0 bridgehead atoms. The fourth-order valence-corrected chi connectivity index (χ4v) is 3.57. The zero-order chi connectivity index (χ0) is 18.4. The second kappa shape index (κ2) is 8.49. The van der Waals surface area contributed by atoms with Gasteiger partial charge in [-0.05, 0) is 16.7 Å². The van der Waals surface area contributed by atoms with Crippen molar-refractivity contribution in [2.45, 2.75) is 18.2 Å². The van der Waals surface area contributed by atoms with Crippen LogP contribution < -0.4 is 5.32 Å². The van der Waals surface area contributed by atoms with E-state index in [2.05, 4.69) is 78.1 Å². The van der Waals surface area contributed by atoms with Crippen LogP contribution in [0.25, 0.3) is 0 Å². The van der Waals surface area contributed by atoms with Crippen molar-refractivity contribution in [1.82, 2.24) is 5.32 Å². The highest BCUT2D eigenvalue weighted by molar-refractivity contribution is 5.37. The first-order valence-electron chi connectivity index (χ1n) is 9.48. The van der Waals surface area contributed by atoms with Crippen LogP contribution in [0.5, 0.6) is 0 Å². The van der Waals surface area contributed by atoms with E-state index in [1.165, 1.54) is 5.56 Å². The molecule has 3 heteroatoms. The average molecular weight is 359 g/mol. The molecule has 1 saturated heterocycles. The lowest BCUT2D eigenvalue weighted by atomic mass is 9.86. The van der Waals surface area contributed by atoms with Crippen LogP contribution in [-0.4, -0.2) is 25.9 Å². The lowest BCUT2D eigenvalue weighted by molar-refractivity contribution is -0.175. The van der Waals surface area contributed by atoms with Crippen molar-refractivity contribution in [1.29, 1.82) is 0 Å². The monoisotopic (exact) mass is 359 g/mol. The molecule has 0 spiro atoms. The molecule has 1 heterocycles. The van der Waals surface area contributed by atoms with Crippen molar-refractivity contribution in [2.75, 3.05) is 19.8 Å². The van der Waals surface area contributed by atoms with Gasteiger partial charge in [0, 0.05) is 13.1 Å². The van der Waals surface area contributed by atoms with Crippen LogP contribution in [0.4, 0.5) is 0 Å². The first kappa shape index (κ1) is 17.9. The highest BCUT2D eigenvalue weighted by Gasteiger charge is 2.40. The summed E-state index contributed by atoms with van der Waals surface area (Å²) in [7, 11) is 0. The van der Waals surface area contributed by atoms with Crippen LogP contribution in [0.1, 0.15) is 16.7 Å². The summed E-state index contributed by atoms with van der Waals surface area (Å²) in [6.45, 7) is 2.68. The van der Waals surface area contributed by atoms with Crippen LogP contribution in [-0.2, 0) is 21.6 Å². The Morgan fingerprint density at radius 3 is 1.85 bits per heavy atom. The zero-order valence-electron chi connectivity index (χ0n) is 15.4. The van der Waals surface area contributed by atoms with E-state index in [9.17, 15) is 0 Å². The molecule has 1 unspecified atom stereocenters. The number of ether oxygens (including phenoxy) is 2. The SMILES string of the molecule is c1ccc(CNCC2COC(c3ccccc3)(c3ccccc3)CO2)cc1. The maximum atomic E-state index is 6.49. The Labute approximate surface area is 161 Å². The molecule has 27 heavy (non-hydrogen) atoms. The van der Waals surface area contributed by atoms with Gasteiger partial charge in [-0.25, -0.2) is 0 Å². The van der Waals surface area contributed by atoms with Gasteiger partial charge in [0.25, 0.3) is 0 Å². The first-order chi connectivity index (χ1) is 13.4. The highest BCUT2D eigenvalue weighted by Crippen LogP contribution is 2.37. The molecule has 1 aliphatic rings. The molecule has 0 radical (unpaired) electrons. The van der Waals surface area contributed by atoms with E-state index in [0.29, 0.717) is 13.2 Å². The van der Waals surface area contributed by atoms with Gasteiger partial charge in [0.15, 0.2) is 0 Å². The van der Waals surface area contributed by atoms with Gasteiger partial charge in [-0.1, -0.05) is 91.0 Å². The topological polar surface area (TPSA) is 30.5 Å². The summed E-state index contributed by atoms with van der Waals surface area (Å²) < 4.78 is 12.7. The number of hydrogen-bond acceptors (Lipinski definition) is 3. The Hall–Kier alpha value is -2.46. The normalized spacial score (nSPS) is 18.9. The summed E-state index contributed by atoms with van der Waals surface area (Å²) in [5.74, 6) is 0. The third-order valence-corrected chi connectivity index (χ3v) is 5.06. The van der Waals surface area contributed by atoms with Gasteiger partial charge in [-0.3, -0.25) is 0 Å². The largest absolute Gasteiger partial charge is 0.371 e. The summed E-state index contributed by atoms with van der Waals surface area (Å²) in [5.41, 5.74) is 2.99. The van der Waals surface area contributed by atoms with Crippen LogP contribution in [0.15, 0.2) is 91.0 Å². The van der Waals surface area contributed by atoms with Crippen LogP contribution >= 0.6 is 0 Å². The molecule has 1 aliphatic heterocycles. The van der Waals surface area contributed by atoms with Crippen LogP contribution in [0.3, 0.4) is 0 Å². The number of benzene rings is 3. The van der Waals surface area contributed by atoms with Gasteiger partial charge < -0.3 is 14.8 Å². The predicted molar refractivity (Wildman–Crippen MR) is 108 cm³/mol. The Balaban J connectivity index is 1.43. The van der Waals surface area contributed by atoms with E-state index in [-0.39, 0.29) is 6.10 Å². The summed E-state index contributed by atoms with van der Waals surface area (Å²) in [4.78, 5) is 0. The smallest absolute Gasteiger partial charge is 0.141 e. The molecule has 0 aromatic heterocycles. The van der Waals surface area contributed by atoms with E-state index in [4.69, 9.17) is 9.47 Å². The van der Waals surface area contributed by atoms with E-state index < -0.39 is 5.60 Å². The molecule has 3 aromatic rings. The maximum Gasteiger partial charge on any atom is 0.141 e. The van der Waals surface area contributed by atoms with E-state index in [0.717, 1.165) is 24.2 Å². The molecule has 0 amide bonds. The number of rotatable bonds is 6. The molecule has 0 aliphatic carbocycles. The summed E-state index contributed by atoms with van der Waals surface area (Å²) in [6, 6.07) is 31.1. The number of hydrogen-bond donors (Lipinski definition) is 1. The quantitative estimate of drug-likeness (QED) is 0.718. The van der Waals surface area contributed by atoms with E-state index in [1.54, 1.807) is 0 Å². The Kier molecular flexibility index (Phi) is 5.64. The second-order valence-corrected chi connectivity index (χ2v) is 6.92. The number of nitrogens with one attached hydrogen (secondary N) is 1. The molecule has 138 valence electrons. The average Bonchev–Trinajstić information content (AvgIpc) is 2.76. The Morgan fingerprint density at radius 1 is 0.778 bits per heavy atom. The molecule has 3 aromatic carbocycles. The molecule has 3 nitrogen and oxygen atoms in total. The lowest BCUT2D eigenvalue weighted by Crippen LogP contribution is -2.48. The van der Waals surface area contributed by atoms with Crippen molar-refractivity contribution >= 4 is 0 Å². The van der Waals surface area contributed by atoms with Gasteiger partial charge in [-0.2, -0.15) is 0 Å². The maximum absolute atomic E-state index is 6.49.